The number of carboxylic acid groups (broad SMARTS) is 1. The molecule has 1 atom stereocenters. The molecular formula is C13H17BrN2O4. The van der Waals surface area contributed by atoms with Crippen LogP contribution in [0.1, 0.15) is 23.8 Å². The van der Waals surface area contributed by atoms with Crippen LogP contribution in [-0.2, 0) is 16.1 Å². The van der Waals surface area contributed by atoms with Crippen LogP contribution in [0.3, 0.4) is 0 Å². The second-order valence-electron chi connectivity index (χ2n) is 4.69. The topological polar surface area (TPSA) is 71.8 Å². The molecule has 1 fully saturated rings. The molecule has 2 heterocycles. The van der Waals surface area contributed by atoms with E-state index in [1.807, 2.05) is 17.7 Å². The van der Waals surface area contributed by atoms with E-state index in [0.717, 1.165) is 17.4 Å². The summed E-state index contributed by atoms with van der Waals surface area (Å²) in [5.74, 6) is -1.19. The summed E-state index contributed by atoms with van der Waals surface area (Å²) in [6.45, 7) is 3.54. The molecule has 1 aliphatic heterocycles. The van der Waals surface area contributed by atoms with Crippen LogP contribution in [0.15, 0.2) is 16.7 Å². The van der Waals surface area contributed by atoms with Gasteiger partial charge in [0.2, 0.25) is 0 Å². The highest BCUT2D eigenvalue weighted by Crippen LogP contribution is 2.18. The summed E-state index contributed by atoms with van der Waals surface area (Å²) in [4.78, 5) is 25.0. The van der Waals surface area contributed by atoms with Crippen LogP contribution >= 0.6 is 15.9 Å². The molecule has 1 unspecified atom stereocenters. The van der Waals surface area contributed by atoms with Crippen molar-refractivity contribution in [2.75, 3.05) is 19.7 Å². The molecule has 6 nitrogen and oxygen atoms in total. The SMILES string of the molecule is CCCn1cc(Br)cc1C(=O)N1CCOC(C(=O)O)C1. The molecular weight excluding hydrogens is 328 g/mol. The van der Waals surface area contributed by atoms with Gasteiger partial charge in [0.15, 0.2) is 6.10 Å². The average molecular weight is 345 g/mol. The normalized spacial score (nSPS) is 19.1. The van der Waals surface area contributed by atoms with Gasteiger partial charge in [0.25, 0.3) is 5.91 Å². The van der Waals surface area contributed by atoms with Gasteiger partial charge in [0, 0.05) is 23.8 Å². The van der Waals surface area contributed by atoms with Gasteiger partial charge in [-0.2, -0.15) is 0 Å². The molecule has 0 aromatic carbocycles. The number of carbonyl (C=O) groups is 2. The molecule has 2 rings (SSSR count). The zero-order valence-electron chi connectivity index (χ0n) is 11.2. The zero-order valence-corrected chi connectivity index (χ0v) is 12.8. The first kappa shape index (κ1) is 15.1. The summed E-state index contributed by atoms with van der Waals surface area (Å²) in [6.07, 6.45) is 1.85. The number of rotatable bonds is 4. The number of hydrogen-bond donors (Lipinski definition) is 1. The Morgan fingerprint density at radius 2 is 2.30 bits per heavy atom. The van der Waals surface area contributed by atoms with Gasteiger partial charge in [-0.1, -0.05) is 6.92 Å². The van der Waals surface area contributed by atoms with Crippen LogP contribution in [0, 0.1) is 0 Å². The van der Waals surface area contributed by atoms with Gasteiger partial charge in [-0.25, -0.2) is 4.79 Å². The van der Waals surface area contributed by atoms with Crippen molar-refractivity contribution in [3.63, 3.8) is 0 Å². The maximum atomic E-state index is 12.5. The molecule has 110 valence electrons. The van der Waals surface area contributed by atoms with Gasteiger partial charge >= 0.3 is 5.97 Å². The minimum atomic E-state index is -1.03. The van der Waals surface area contributed by atoms with E-state index >= 15 is 0 Å². The van der Waals surface area contributed by atoms with Crippen LogP contribution < -0.4 is 0 Å². The molecule has 0 saturated carbocycles. The van der Waals surface area contributed by atoms with E-state index in [1.165, 1.54) is 4.90 Å². The Labute approximate surface area is 125 Å². The molecule has 1 aromatic heterocycles. The van der Waals surface area contributed by atoms with Crippen molar-refractivity contribution in [2.24, 2.45) is 0 Å². The number of morpholine rings is 1. The fraction of sp³-hybridized carbons (Fsp3) is 0.538. The molecule has 1 N–H and O–H groups in total. The maximum Gasteiger partial charge on any atom is 0.334 e. The number of ether oxygens (including phenoxy) is 1. The van der Waals surface area contributed by atoms with Crippen molar-refractivity contribution >= 4 is 27.8 Å². The molecule has 7 heteroatoms. The monoisotopic (exact) mass is 344 g/mol. The minimum absolute atomic E-state index is 0.0864. The fourth-order valence-corrected chi connectivity index (χ4v) is 2.69. The summed E-state index contributed by atoms with van der Waals surface area (Å²) >= 11 is 3.37. The lowest BCUT2D eigenvalue weighted by molar-refractivity contribution is -0.154. The summed E-state index contributed by atoms with van der Waals surface area (Å²) < 4.78 is 7.86. The quantitative estimate of drug-likeness (QED) is 0.900. The highest BCUT2D eigenvalue weighted by atomic mass is 79.9. The van der Waals surface area contributed by atoms with Crippen molar-refractivity contribution in [1.29, 1.82) is 0 Å². The summed E-state index contributed by atoms with van der Waals surface area (Å²) in [5, 5.41) is 8.98. The number of amides is 1. The van der Waals surface area contributed by atoms with Crippen molar-refractivity contribution in [1.82, 2.24) is 9.47 Å². The van der Waals surface area contributed by atoms with Gasteiger partial charge in [-0.15, -0.1) is 0 Å². The molecule has 1 aromatic rings. The predicted molar refractivity (Wildman–Crippen MR) is 75.7 cm³/mol. The van der Waals surface area contributed by atoms with Crippen molar-refractivity contribution in [2.45, 2.75) is 26.0 Å². The smallest absolute Gasteiger partial charge is 0.334 e. The largest absolute Gasteiger partial charge is 0.479 e. The number of aliphatic carboxylic acids is 1. The molecule has 1 amide bonds. The lowest BCUT2D eigenvalue weighted by atomic mass is 10.2. The van der Waals surface area contributed by atoms with Crippen LogP contribution in [0.5, 0.6) is 0 Å². The lowest BCUT2D eigenvalue weighted by Crippen LogP contribution is -2.48. The van der Waals surface area contributed by atoms with Crippen LogP contribution in [0.25, 0.3) is 0 Å². The highest BCUT2D eigenvalue weighted by molar-refractivity contribution is 9.10. The van der Waals surface area contributed by atoms with E-state index in [2.05, 4.69) is 15.9 Å². The first-order valence-corrected chi connectivity index (χ1v) is 7.31. The first-order chi connectivity index (χ1) is 9.52. The van der Waals surface area contributed by atoms with E-state index in [0.29, 0.717) is 12.2 Å². The predicted octanol–water partition coefficient (Wildman–Crippen LogP) is 1.59. The summed E-state index contributed by atoms with van der Waals surface area (Å²) in [6, 6.07) is 1.77. The van der Waals surface area contributed by atoms with Crippen LogP contribution in [0.2, 0.25) is 0 Å². The number of aromatic nitrogens is 1. The van der Waals surface area contributed by atoms with Crippen LogP contribution in [0.4, 0.5) is 0 Å². The Bertz CT molecular complexity index is 514. The third-order valence-electron chi connectivity index (χ3n) is 3.18. The van der Waals surface area contributed by atoms with Crippen molar-refractivity contribution in [3.05, 3.63) is 22.4 Å². The standard InChI is InChI=1S/C13H17BrN2O4/c1-2-3-15-7-9(14)6-10(15)12(17)16-4-5-20-11(8-16)13(18)19/h6-7,11H,2-5,8H2,1H3,(H,18,19). The molecule has 0 spiro atoms. The van der Waals surface area contributed by atoms with E-state index in [9.17, 15) is 9.59 Å². The second-order valence-corrected chi connectivity index (χ2v) is 5.60. The first-order valence-electron chi connectivity index (χ1n) is 6.52. The number of aryl methyl sites for hydroxylation is 1. The van der Waals surface area contributed by atoms with Gasteiger partial charge in [0.1, 0.15) is 5.69 Å². The van der Waals surface area contributed by atoms with Gasteiger partial charge in [0.05, 0.1) is 13.2 Å². The van der Waals surface area contributed by atoms with E-state index in [1.54, 1.807) is 6.07 Å². The van der Waals surface area contributed by atoms with E-state index in [-0.39, 0.29) is 19.1 Å². The number of carboxylic acids is 1. The second kappa shape index (κ2) is 6.41. The Kier molecular flexibility index (Phi) is 4.82. The average Bonchev–Trinajstić information content (AvgIpc) is 2.79. The van der Waals surface area contributed by atoms with E-state index < -0.39 is 12.1 Å². The minimum Gasteiger partial charge on any atom is -0.479 e. The van der Waals surface area contributed by atoms with Gasteiger partial charge < -0.3 is 19.3 Å². The molecule has 1 saturated heterocycles. The molecule has 0 radical (unpaired) electrons. The highest BCUT2D eigenvalue weighted by Gasteiger charge is 2.30. The molecule has 0 bridgehead atoms. The fourth-order valence-electron chi connectivity index (χ4n) is 2.22. The van der Waals surface area contributed by atoms with Gasteiger partial charge in [-0.05, 0) is 28.4 Å². The van der Waals surface area contributed by atoms with Crippen LogP contribution in [-0.4, -0.2) is 52.3 Å². The molecule has 20 heavy (non-hydrogen) atoms. The Balaban J connectivity index is 2.16. The Hall–Kier alpha value is -1.34. The third kappa shape index (κ3) is 3.21. The summed E-state index contributed by atoms with van der Waals surface area (Å²) in [5.41, 5.74) is 0.574. The number of hydrogen-bond acceptors (Lipinski definition) is 3. The lowest BCUT2D eigenvalue weighted by Gasteiger charge is -2.31. The number of carbonyl (C=O) groups excluding carboxylic acids is 1. The molecule has 0 aliphatic carbocycles. The number of nitrogens with zero attached hydrogens (tertiary/aromatic N) is 2. The summed E-state index contributed by atoms with van der Waals surface area (Å²) in [7, 11) is 0. The molecule has 1 aliphatic rings. The Morgan fingerprint density at radius 1 is 1.55 bits per heavy atom. The maximum absolute atomic E-state index is 12.5. The van der Waals surface area contributed by atoms with Crippen molar-refractivity contribution in [3.8, 4) is 0 Å². The zero-order chi connectivity index (χ0) is 14.7. The van der Waals surface area contributed by atoms with Gasteiger partial charge in [-0.3, -0.25) is 4.79 Å². The third-order valence-corrected chi connectivity index (χ3v) is 3.61. The Morgan fingerprint density at radius 3 is 2.95 bits per heavy atom. The number of halogens is 1. The van der Waals surface area contributed by atoms with E-state index in [4.69, 9.17) is 9.84 Å². The van der Waals surface area contributed by atoms with Crippen molar-refractivity contribution < 1.29 is 19.4 Å².